The van der Waals surface area contributed by atoms with E-state index in [9.17, 15) is 14.4 Å². The minimum atomic E-state index is -0.851. The molecule has 2 heterocycles. The van der Waals surface area contributed by atoms with Gasteiger partial charge < -0.3 is 14.8 Å². The van der Waals surface area contributed by atoms with Crippen LogP contribution in [0.25, 0.3) is 17.1 Å². The fraction of sp³-hybridized carbons (Fsp3) is 0.0870. The summed E-state index contributed by atoms with van der Waals surface area (Å²) in [5, 5.41) is 8.46. The van der Waals surface area contributed by atoms with Crippen molar-refractivity contribution in [1.29, 1.82) is 0 Å². The number of benzene rings is 2. The van der Waals surface area contributed by atoms with Gasteiger partial charge in [-0.05, 0) is 23.6 Å². The fourth-order valence-corrected chi connectivity index (χ4v) is 3.73. The normalized spacial score (nSPS) is 10.5. The Morgan fingerprint density at radius 2 is 1.67 bits per heavy atom. The van der Waals surface area contributed by atoms with E-state index < -0.39 is 24.5 Å². The van der Waals surface area contributed by atoms with Gasteiger partial charge in [0.1, 0.15) is 4.88 Å². The molecule has 0 saturated carbocycles. The van der Waals surface area contributed by atoms with E-state index in [1.54, 1.807) is 16.1 Å². The number of amides is 1. The van der Waals surface area contributed by atoms with Crippen molar-refractivity contribution in [1.82, 2.24) is 14.8 Å². The van der Waals surface area contributed by atoms with Gasteiger partial charge in [0.15, 0.2) is 12.4 Å². The lowest BCUT2D eigenvalue weighted by molar-refractivity contribution is -0.119. The second-order valence-corrected chi connectivity index (χ2v) is 7.57. The van der Waals surface area contributed by atoms with E-state index in [0.717, 1.165) is 16.9 Å². The Morgan fingerprint density at radius 3 is 2.36 bits per heavy atom. The first-order chi connectivity index (χ1) is 16.1. The highest BCUT2D eigenvalue weighted by Gasteiger charge is 2.21. The third-order valence-corrected chi connectivity index (χ3v) is 5.36. The number of hydrogen-bond acceptors (Lipinski definition) is 8. The van der Waals surface area contributed by atoms with Gasteiger partial charge in [-0.15, -0.1) is 16.4 Å². The van der Waals surface area contributed by atoms with Crippen LogP contribution in [0.1, 0.15) is 20.3 Å². The number of anilines is 1. The number of thiophene rings is 1. The minimum absolute atomic E-state index is 0.184. The van der Waals surface area contributed by atoms with Crippen LogP contribution in [0.4, 0.5) is 5.69 Å². The zero-order valence-corrected chi connectivity index (χ0v) is 18.2. The molecule has 9 nitrogen and oxygen atoms in total. The number of ether oxygens (including phenoxy) is 2. The van der Waals surface area contributed by atoms with E-state index in [0.29, 0.717) is 11.5 Å². The number of rotatable bonds is 7. The second-order valence-electron chi connectivity index (χ2n) is 6.65. The molecule has 1 N–H and O–H groups in total. The zero-order chi connectivity index (χ0) is 23.2. The van der Waals surface area contributed by atoms with Crippen molar-refractivity contribution >= 4 is 34.9 Å². The molecule has 0 bridgehead atoms. The summed E-state index contributed by atoms with van der Waals surface area (Å²) < 4.78 is 11.3. The Balaban J connectivity index is 1.50. The molecule has 166 valence electrons. The van der Waals surface area contributed by atoms with Gasteiger partial charge in [-0.25, -0.2) is 19.3 Å². The quantitative estimate of drug-likeness (QED) is 0.418. The molecule has 10 heteroatoms. The summed E-state index contributed by atoms with van der Waals surface area (Å²) in [6.45, 7) is -0.574. The molecular formula is C23H18N4O5S. The molecule has 0 radical (unpaired) electrons. The Bertz CT molecular complexity index is 1230. The zero-order valence-electron chi connectivity index (χ0n) is 17.4. The standard InChI is InChI=1S/C23H18N4O5S/c1-31-22(29)19-17(12-13-33-19)24-18(28)14-32-23(30)20-25-21(15-8-4-2-5-9-15)27(26-20)16-10-6-3-7-11-16/h2-13H,14H2,1H3,(H,24,28). The SMILES string of the molecule is COC(=O)c1sccc1NC(=O)COC(=O)c1nc(-c2ccccc2)n(-c2ccccc2)n1. The van der Waals surface area contributed by atoms with Crippen LogP contribution >= 0.6 is 11.3 Å². The third-order valence-electron chi connectivity index (χ3n) is 4.47. The maximum absolute atomic E-state index is 12.6. The van der Waals surface area contributed by atoms with E-state index in [-0.39, 0.29) is 16.4 Å². The van der Waals surface area contributed by atoms with Gasteiger partial charge in [-0.2, -0.15) is 0 Å². The van der Waals surface area contributed by atoms with Crippen molar-refractivity contribution in [3.63, 3.8) is 0 Å². The molecule has 2 aromatic heterocycles. The number of methoxy groups -OCH3 is 1. The largest absolute Gasteiger partial charge is 0.465 e. The number of carbonyl (C=O) groups excluding carboxylic acids is 3. The Hall–Kier alpha value is -4.31. The average Bonchev–Trinajstić information content (AvgIpc) is 3.51. The number of aromatic nitrogens is 3. The fourth-order valence-electron chi connectivity index (χ4n) is 2.96. The highest BCUT2D eigenvalue weighted by molar-refractivity contribution is 7.12. The van der Waals surface area contributed by atoms with Gasteiger partial charge >= 0.3 is 11.9 Å². The van der Waals surface area contributed by atoms with Crippen LogP contribution in [0.2, 0.25) is 0 Å². The first kappa shape index (κ1) is 21.9. The number of nitrogens with zero attached hydrogens (tertiary/aromatic N) is 3. The predicted molar refractivity (Wildman–Crippen MR) is 121 cm³/mol. The van der Waals surface area contributed by atoms with Gasteiger partial charge in [-0.3, -0.25) is 4.79 Å². The van der Waals surface area contributed by atoms with E-state index in [1.807, 2.05) is 60.7 Å². The molecule has 0 spiro atoms. The van der Waals surface area contributed by atoms with Gasteiger partial charge in [0.05, 0.1) is 18.5 Å². The van der Waals surface area contributed by atoms with Crippen molar-refractivity contribution in [3.05, 3.63) is 82.8 Å². The molecule has 0 aliphatic carbocycles. The number of carbonyl (C=O) groups is 3. The molecular weight excluding hydrogens is 444 g/mol. The van der Waals surface area contributed by atoms with Crippen LogP contribution in [-0.2, 0) is 14.3 Å². The van der Waals surface area contributed by atoms with Crippen molar-refractivity contribution < 1.29 is 23.9 Å². The molecule has 2 aromatic carbocycles. The van der Waals surface area contributed by atoms with Crippen LogP contribution in [0, 0.1) is 0 Å². The van der Waals surface area contributed by atoms with Crippen molar-refractivity contribution in [2.24, 2.45) is 0 Å². The number of nitrogens with one attached hydrogen (secondary N) is 1. The summed E-state index contributed by atoms with van der Waals surface area (Å²) >= 11 is 1.13. The lowest BCUT2D eigenvalue weighted by Gasteiger charge is -2.06. The second kappa shape index (κ2) is 9.88. The summed E-state index contributed by atoms with van der Waals surface area (Å²) in [5.74, 6) is -1.76. The Morgan fingerprint density at radius 1 is 0.970 bits per heavy atom. The van der Waals surface area contributed by atoms with Crippen molar-refractivity contribution in [2.75, 3.05) is 19.0 Å². The molecule has 0 fully saturated rings. The maximum atomic E-state index is 12.6. The van der Waals surface area contributed by atoms with Gasteiger partial charge in [0.25, 0.3) is 11.7 Å². The van der Waals surface area contributed by atoms with Crippen LogP contribution < -0.4 is 5.32 Å². The Labute approximate surface area is 192 Å². The topological polar surface area (TPSA) is 112 Å². The van der Waals surface area contributed by atoms with Crippen LogP contribution in [-0.4, -0.2) is 46.3 Å². The molecule has 0 unspecified atom stereocenters. The highest BCUT2D eigenvalue weighted by Crippen LogP contribution is 2.23. The minimum Gasteiger partial charge on any atom is -0.465 e. The summed E-state index contributed by atoms with van der Waals surface area (Å²) in [5.41, 5.74) is 1.76. The molecule has 0 aliphatic heterocycles. The monoisotopic (exact) mass is 462 g/mol. The molecule has 4 rings (SSSR count). The molecule has 0 aliphatic rings. The molecule has 33 heavy (non-hydrogen) atoms. The average molecular weight is 462 g/mol. The first-order valence-corrected chi connectivity index (χ1v) is 10.7. The van der Waals surface area contributed by atoms with Gasteiger partial charge in [-0.1, -0.05) is 48.5 Å². The molecule has 4 aromatic rings. The van der Waals surface area contributed by atoms with Crippen LogP contribution in [0.3, 0.4) is 0 Å². The van der Waals surface area contributed by atoms with Gasteiger partial charge in [0, 0.05) is 5.56 Å². The number of hydrogen-bond donors (Lipinski definition) is 1. The maximum Gasteiger partial charge on any atom is 0.378 e. The molecule has 0 saturated heterocycles. The number of para-hydroxylation sites is 1. The smallest absolute Gasteiger partial charge is 0.378 e. The van der Waals surface area contributed by atoms with E-state index in [2.05, 4.69) is 20.1 Å². The number of esters is 2. The highest BCUT2D eigenvalue weighted by atomic mass is 32.1. The van der Waals surface area contributed by atoms with Crippen LogP contribution in [0.5, 0.6) is 0 Å². The van der Waals surface area contributed by atoms with E-state index in [1.165, 1.54) is 7.11 Å². The lowest BCUT2D eigenvalue weighted by Crippen LogP contribution is -2.22. The predicted octanol–water partition coefficient (Wildman–Crippen LogP) is 3.58. The molecule has 1 amide bonds. The van der Waals surface area contributed by atoms with Gasteiger partial charge in [0.2, 0.25) is 0 Å². The van der Waals surface area contributed by atoms with Crippen molar-refractivity contribution in [3.8, 4) is 17.1 Å². The third kappa shape index (κ3) is 4.96. The van der Waals surface area contributed by atoms with Crippen molar-refractivity contribution in [2.45, 2.75) is 0 Å². The molecule has 0 atom stereocenters. The van der Waals surface area contributed by atoms with E-state index >= 15 is 0 Å². The summed E-state index contributed by atoms with van der Waals surface area (Å²) in [4.78, 5) is 41.1. The summed E-state index contributed by atoms with van der Waals surface area (Å²) in [6, 6.07) is 20.1. The van der Waals surface area contributed by atoms with Crippen LogP contribution in [0.15, 0.2) is 72.1 Å². The summed E-state index contributed by atoms with van der Waals surface area (Å²) in [6.07, 6.45) is 0. The first-order valence-electron chi connectivity index (χ1n) is 9.77. The lowest BCUT2D eigenvalue weighted by atomic mass is 10.2. The van der Waals surface area contributed by atoms with E-state index in [4.69, 9.17) is 4.74 Å². The summed E-state index contributed by atoms with van der Waals surface area (Å²) in [7, 11) is 1.25. The Kier molecular flexibility index (Phi) is 6.56.